The molecule has 0 aromatic carbocycles. The summed E-state index contributed by atoms with van der Waals surface area (Å²) in [5.74, 6) is 0. The van der Waals surface area contributed by atoms with Crippen LogP contribution < -0.4 is 0 Å². The summed E-state index contributed by atoms with van der Waals surface area (Å²) in [4.78, 5) is 2.51. The minimum absolute atomic E-state index is 1.12. The largest absolute Gasteiger partial charge is 0.348 e. The standard InChI is InChI=1S/C13H24N2/c1-5-9-14(6-2)10-11-15-12(3)7-8-13(15)4/h7-8H,5-6,9-11H2,1-4H3. The molecule has 0 aliphatic heterocycles. The fourth-order valence-corrected chi connectivity index (χ4v) is 2.04. The lowest BCUT2D eigenvalue weighted by molar-refractivity contribution is 0.275. The third-order valence-corrected chi connectivity index (χ3v) is 3.04. The zero-order valence-electron chi connectivity index (χ0n) is 10.6. The number of aromatic nitrogens is 1. The molecular formula is C13H24N2. The molecule has 0 spiro atoms. The summed E-state index contributed by atoms with van der Waals surface area (Å²) in [7, 11) is 0. The zero-order chi connectivity index (χ0) is 11.3. The predicted octanol–water partition coefficient (Wildman–Crippen LogP) is 2.84. The number of hydrogen-bond acceptors (Lipinski definition) is 1. The first-order valence-electron chi connectivity index (χ1n) is 6.04. The van der Waals surface area contributed by atoms with Gasteiger partial charge in [0.25, 0.3) is 0 Å². The van der Waals surface area contributed by atoms with Crippen molar-refractivity contribution >= 4 is 0 Å². The molecule has 15 heavy (non-hydrogen) atoms. The maximum Gasteiger partial charge on any atom is 0.0352 e. The first-order valence-corrected chi connectivity index (χ1v) is 6.04. The lowest BCUT2D eigenvalue weighted by Crippen LogP contribution is -2.28. The summed E-state index contributed by atoms with van der Waals surface area (Å²) in [6, 6.07) is 4.40. The molecule has 0 amide bonds. The first kappa shape index (κ1) is 12.3. The molecule has 0 N–H and O–H groups in total. The fraction of sp³-hybridized carbons (Fsp3) is 0.692. The smallest absolute Gasteiger partial charge is 0.0352 e. The Morgan fingerprint density at radius 2 is 1.67 bits per heavy atom. The highest BCUT2D eigenvalue weighted by Gasteiger charge is 2.04. The molecule has 0 saturated carbocycles. The van der Waals surface area contributed by atoms with Crippen molar-refractivity contribution in [1.29, 1.82) is 0 Å². The summed E-state index contributed by atoms with van der Waals surface area (Å²) in [5, 5.41) is 0. The van der Waals surface area contributed by atoms with Crippen molar-refractivity contribution in [3.05, 3.63) is 23.5 Å². The summed E-state index contributed by atoms with van der Waals surface area (Å²) < 4.78 is 2.40. The fourth-order valence-electron chi connectivity index (χ4n) is 2.04. The van der Waals surface area contributed by atoms with E-state index in [9.17, 15) is 0 Å². The van der Waals surface area contributed by atoms with Gasteiger partial charge in [-0.05, 0) is 45.5 Å². The molecule has 0 fully saturated rings. The number of aryl methyl sites for hydroxylation is 2. The Bertz CT molecular complexity index is 269. The van der Waals surface area contributed by atoms with Crippen LogP contribution in [0.1, 0.15) is 31.7 Å². The molecule has 0 saturated heterocycles. The van der Waals surface area contributed by atoms with Gasteiger partial charge in [-0.25, -0.2) is 0 Å². The minimum Gasteiger partial charge on any atom is -0.348 e. The van der Waals surface area contributed by atoms with Crippen LogP contribution >= 0.6 is 0 Å². The molecule has 0 radical (unpaired) electrons. The molecule has 86 valence electrons. The molecule has 0 atom stereocenters. The highest BCUT2D eigenvalue weighted by molar-refractivity contribution is 5.13. The summed E-state index contributed by atoms with van der Waals surface area (Å²) >= 11 is 0. The van der Waals surface area contributed by atoms with Crippen LogP contribution in [0.25, 0.3) is 0 Å². The van der Waals surface area contributed by atoms with E-state index in [1.54, 1.807) is 0 Å². The van der Waals surface area contributed by atoms with Crippen LogP contribution in [0.5, 0.6) is 0 Å². The van der Waals surface area contributed by atoms with E-state index in [1.807, 2.05) is 0 Å². The number of likely N-dealkylation sites (N-methyl/N-ethyl adjacent to an activating group) is 1. The third-order valence-electron chi connectivity index (χ3n) is 3.04. The van der Waals surface area contributed by atoms with Crippen molar-refractivity contribution in [2.75, 3.05) is 19.6 Å². The molecule has 2 nitrogen and oxygen atoms in total. The number of hydrogen-bond donors (Lipinski definition) is 0. The van der Waals surface area contributed by atoms with E-state index in [4.69, 9.17) is 0 Å². The van der Waals surface area contributed by atoms with Crippen molar-refractivity contribution < 1.29 is 0 Å². The highest BCUT2D eigenvalue weighted by Crippen LogP contribution is 2.07. The van der Waals surface area contributed by atoms with Crippen molar-refractivity contribution in [2.45, 2.75) is 40.7 Å². The second-order valence-corrected chi connectivity index (χ2v) is 4.20. The van der Waals surface area contributed by atoms with Crippen molar-refractivity contribution in [3.63, 3.8) is 0 Å². The highest BCUT2D eigenvalue weighted by atomic mass is 15.1. The molecular weight excluding hydrogens is 184 g/mol. The van der Waals surface area contributed by atoms with Crippen LogP contribution in [-0.2, 0) is 6.54 Å². The van der Waals surface area contributed by atoms with Crippen molar-refractivity contribution in [3.8, 4) is 0 Å². The van der Waals surface area contributed by atoms with Gasteiger partial charge in [-0.1, -0.05) is 13.8 Å². The molecule has 0 bridgehead atoms. The second-order valence-electron chi connectivity index (χ2n) is 4.20. The topological polar surface area (TPSA) is 8.17 Å². The predicted molar refractivity (Wildman–Crippen MR) is 66.3 cm³/mol. The van der Waals surface area contributed by atoms with E-state index in [-0.39, 0.29) is 0 Å². The second kappa shape index (κ2) is 5.96. The van der Waals surface area contributed by atoms with Crippen LogP contribution in [0, 0.1) is 13.8 Å². The quantitative estimate of drug-likeness (QED) is 0.698. The van der Waals surface area contributed by atoms with Crippen molar-refractivity contribution in [2.24, 2.45) is 0 Å². The molecule has 1 rings (SSSR count). The SMILES string of the molecule is CCCN(CC)CCn1c(C)ccc1C. The van der Waals surface area contributed by atoms with Crippen LogP contribution in [0.3, 0.4) is 0 Å². The van der Waals surface area contributed by atoms with Gasteiger partial charge in [-0.3, -0.25) is 0 Å². The molecule has 1 aromatic rings. The van der Waals surface area contributed by atoms with E-state index in [1.165, 1.54) is 30.9 Å². The van der Waals surface area contributed by atoms with Gasteiger partial charge in [0.05, 0.1) is 0 Å². The van der Waals surface area contributed by atoms with Gasteiger partial charge >= 0.3 is 0 Å². The normalized spacial score (nSPS) is 11.3. The molecule has 1 heterocycles. The monoisotopic (exact) mass is 208 g/mol. The summed E-state index contributed by atoms with van der Waals surface area (Å²) in [6.07, 6.45) is 1.25. The van der Waals surface area contributed by atoms with Crippen LogP contribution in [0.15, 0.2) is 12.1 Å². The maximum atomic E-state index is 2.51. The van der Waals surface area contributed by atoms with E-state index in [0.717, 1.165) is 13.1 Å². The Labute approximate surface area is 93.9 Å². The maximum absolute atomic E-state index is 2.51. The van der Waals surface area contributed by atoms with Gasteiger partial charge in [0.15, 0.2) is 0 Å². The molecule has 0 unspecified atom stereocenters. The van der Waals surface area contributed by atoms with Gasteiger partial charge in [-0.2, -0.15) is 0 Å². The Balaban J connectivity index is 2.48. The molecule has 2 heteroatoms. The molecule has 0 aliphatic carbocycles. The Morgan fingerprint density at radius 1 is 1.07 bits per heavy atom. The molecule has 0 aliphatic rings. The first-order chi connectivity index (χ1) is 7.19. The van der Waals surface area contributed by atoms with Gasteiger partial charge in [-0.15, -0.1) is 0 Å². The van der Waals surface area contributed by atoms with Crippen LogP contribution in [0.2, 0.25) is 0 Å². The number of rotatable bonds is 6. The van der Waals surface area contributed by atoms with Gasteiger partial charge in [0.2, 0.25) is 0 Å². The zero-order valence-corrected chi connectivity index (χ0v) is 10.6. The Morgan fingerprint density at radius 3 is 2.13 bits per heavy atom. The lowest BCUT2D eigenvalue weighted by atomic mass is 10.4. The Hall–Kier alpha value is -0.760. The van der Waals surface area contributed by atoms with Gasteiger partial charge in [0, 0.05) is 24.5 Å². The van der Waals surface area contributed by atoms with Crippen molar-refractivity contribution in [1.82, 2.24) is 9.47 Å². The summed E-state index contributed by atoms with van der Waals surface area (Å²) in [5.41, 5.74) is 2.75. The average Bonchev–Trinajstić information content (AvgIpc) is 2.54. The third kappa shape index (κ3) is 3.38. The average molecular weight is 208 g/mol. The van der Waals surface area contributed by atoms with Crippen LogP contribution in [-0.4, -0.2) is 29.1 Å². The van der Waals surface area contributed by atoms with E-state index in [2.05, 4.69) is 49.3 Å². The van der Waals surface area contributed by atoms with Gasteiger partial charge < -0.3 is 9.47 Å². The summed E-state index contributed by atoms with van der Waals surface area (Å²) in [6.45, 7) is 13.5. The van der Waals surface area contributed by atoms with E-state index < -0.39 is 0 Å². The van der Waals surface area contributed by atoms with E-state index in [0.29, 0.717) is 0 Å². The molecule has 1 aromatic heterocycles. The Kier molecular flexibility index (Phi) is 4.89. The lowest BCUT2D eigenvalue weighted by Gasteiger charge is -2.20. The van der Waals surface area contributed by atoms with E-state index >= 15 is 0 Å². The minimum atomic E-state index is 1.12. The van der Waals surface area contributed by atoms with Gasteiger partial charge in [0.1, 0.15) is 0 Å². The van der Waals surface area contributed by atoms with Crippen LogP contribution in [0.4, 0.5) is 0 Å². The number of nitrogens with zero attached hydrogens (tertiary/aromatic N) is 2.